The molecule has 4 N–H and O–H groups in total. The van der Waals surface area contributed by atoms with Crippen LogP contribution in [0.2, 0.25) is 0 Å². The van der Waals surface area contributed by atoms with Gasteiger partial charge in [-0.1, -0.05) is 30.3 Å². The van der Waals surface area contributed by atoms with Crippen LogP contribution < -0.4 is 15.8 Å². The molecule has 0 saturated heterocycles. The molecule has 0 heterocycles. The highest BCUT2D eigenvalue weighted by molar-refractivity contribution is 7.90. The topological polar surface area (TPSA) is 101 Å². The molecule has 134 valence electrons. The Bertz CT molecular complexity index is 846. The maximum absolute atomic E-state index is 12.2. The minimum atomic E-state index is -3.90. The zero-order chi connectivity index (χ0) is 18.4. The molecule has 0 aliphatic rings. The molecule has 0 fully saturated rings. The van der Waals surface area contributed by atoms with Gasteiger partial charge in [0.1, 0.15) is 0 Å². The van der Waals surface area contributed by atoms with Gasteiger partial charge in [0, 0.05) is 13.1 Å². The van der Waals surface area contributed by atoms with Gasteiger partial charge in [0.15, 0.2) is 0 Å². The maximum atomic E-state index is 12.2. The van der Waals surface area contributed by atoms with Crippen LogP contribution in [-0.2, 0) is 23.0 Å². The van der Waals surface area contributed by atoms with E-state index in [4.69, 9.17) is 5.73 Å². The smallest absolute Gasteiger partial charge is 0.328 e. The van der Waals surface area contributed by atoms with Gasteiger partial charge in [-0.15, -0.1) is 0 Å². The van der Waals surface area contributed by atoms with Crippen molar-refractivity contribution in [3.05, 3.63) is 64.7 Å². The lowest BCUT2D eigenvalue weighted by molar-refractivity contribution is 0.246. The molecule has 0 aromatic heterocycles. The van der Waals surface area contributed by atoms with Gasteiger partial charge in [0.2, 0.25) is 0 Å². The average molecular weight is 361 g/mol. The van der Waals surface area contributed by atoms with Crippen LogP contribution in [-0.4, -0.2) is 21.0 Å². The van der Waals surface area contributed by atoms with Crippen LogP contribution in [0.5, 0.6) is 0 Å². The number of amides is 2. The molecule has 7 heteroatoms. The summed E-state index contributed by atoms with van der Waals surface area (Å²) < 4.78 is 26.4. The number of carbonyl (C=O) groups excluding carboxylic acids is 1. The number of sulfonamides is 1. The first-order valence-electron chi connectivity index (χ1n) is 7.98. The van der Waals surface area contributed by atoms with Crippen LogP contribution >= 0.6 is 0 Å². The molecular weight excluding hydrogens is 338 g/mol. The number of benzene rings is 2. The van der Waals surface area contributed by atoms with Gasteiger partial charge in [-0.25, -0.2) is 17.9 Å². The molecule has 2 rings (SSSR count). The Balaban J connectivity index is 1.91. The van der Waals surface area contributed by atoms with Gasteiger partial charge in [-0.2, -0.15) is 0 Å². The summed E-state index contributed by atoms with van der Waals surface area (Å²) in [6, 6.07) is 11.3. The molecule has 2 aromatic rings. The van der Waals surface area contributed by atoms with E-state index in [2.05, 4.69) is 5.32 Å². The van der Waals surface area contributed by atoms with Crippen LogP contribution in [0.3, 0.4) is 0 Å². The average Bonchev–Trinajstić information content (AvgIpc) is 2.58. The third-order valence-electron chi connectivity index (χ3n) is 4.09. The SMILES string of the molecule is Cc1cccc(CCNC(=O)NS(=O)(=O)c2ccc(CN)cc2)c1C. The zero-order valence-electron chi connectivity index (χ0n) is 14.4. The summed E-state index contributed by atoms with van der Waals surface area (Å²) in [5.74, 6) is 0. The molecule has 0 saturated carbocycles. The van der Waals surface area contributed by atoms with Crippen molar-refractivity contribution in [2.75, 3.05) is 6.54 Å². The van der Waals surface area contributed by atoms with E-state index in [1.165, 1.54) is 23.3 Å². The molecule has 25 heavy (non-hydrogen) atoms. The number of nitrogens with one attached hydrogen (secondary N) is 2. The van der Waals surface area contributed by atoms with Gasteiger partial charge >= 0.3 is 6.03 Å². The molecule has 0 atom stereocenters. The Morgan fingerprint density at radius 2 is 1.76 bits per heavy atom. The highest BCUT2D eigenvalue weighted by Crippen LogP contribution is 2.13. The van der Waals surface area contributed by atoms with E-state index < -0.39 is 16.1 Å². The fourth-order valence-electron chi connectivity index (χ4n) is 2.42. The van der Waals surface area contributed by atoms with E-state index in [1.807, 2.05) is 36.8 Å². The van der Waals surface area contributed by atoms with Crippen molar-refractivity contribution in [2.45, 2.75) is 31.7 Å². The van der Waals surface area contributed by atoms with Crippen molar-refractivity contribution in [3.8, 4) is 0 Å². The first-order valence-corrected chi connectivity index (χ1v) is 9.46. The van der Waals surface area contributed by atoms with Gasteiger partial charge in [0.05, 0.1) is 4.90 Å². The molecule has 0 radical (unpaired) electrons. The highest BCUT2D eigenvalue weighted by Gasteiger charge is 2.17. The summed E-state index contributed by atoms with van der Waals surface area (Å²) in [5.41, 5.74) is 9.79. The molecule has 0 unspecified atom stereocenters. The normalized spacial score (nSPS) is 11.2. The second kappa shape index (κ2) is 8.13. The first-order chi connectivity index (χ1) is 11.8. The van der Waals surface area contributed by atoms with Crippen molar-refractivity contribution in [2.24, 2.45) is 5.73 Å². The van der Waals surface area contributed by atoms with Crippen LogP contribution in [0.4, 0.5) is 4.79 Å². The summed E-state index contributed by atoms with van der Waals surface area (Å²) in [6.07, 6.45) is 0.631. The quantitative estimate of drug-likeness (QED) is 0.732. The number of rotatable bonds is 6. The maximum Gasteiger partial charge on any atom is 0.328 e. The van der Waals surface area contributed by atoms with Gasteiger partial charge in [0.25, 0.3) is 10.0 Å². The molecule has 0 aliphatic heterocycles. The van der Waals surface area contributed by atoms with Crippen LogP contribution in [0, 0.1) is 13.8 Å². The Morgan fingerprint density at radius 3 is 2.40 bits per heavy atom. The Morgan fingerprint density at radius 1 is 1.08 bits per heavy atom. The van der Waals surface area contributed by atoms with Gasteiger partial charge in [-0.05, 0) is 54.7 Å². The summed E-state index contributed by atoms with van der Waals surface area (Å²) in [4.78, 5) is 11.9. The summed E-state index contributed by atoms with van der Waals surface area (Å²) in [6.45, 7) is 4.73. The molecule has 0 aliphatic carbocycles. The lowest BCUT2D eigenvalue weighted by atomic mass is 10.0. The minimum absolute atomic E-state index is 0.0226. The largest absolute Gasteiger partial charge is 0.337 e. The molecule has 2 aromatic carbocycles. The fraction of sp³-hybridized carbons (Fsp3) is 0.278. The molecule has 6 nitrogen and oxygen atoms in total. The van der Waals surface area contributed by atoms with Crippen molar-refractivity contribution >= 4 is 16.1 Å². The predicted molar refractivity (Wildman–Crippen MR) is 97.7 cm³/mol. The van der Waals surface area contributed by atoms with E-state index in [0.717, 1.165) is 11.1 Å². The van der Waals surface area contributed by atoms with Crippen LogP contribution in [0.15, 0.2) is 47.4 Å². The van der Waals surface area contributed by atoms with Gasteiger partial charge in [-0.3, -0.25) is 0 Å². The molecule has 0 bridgehead atoms. The molecule has 0 spiro atoms. The second-order valence-corrected chi connectivity index (χ2v) is 7.50. The number of hydrogen-bond acceptors (Lipinski definition) is 4. The Hall–Kier alpha value is -2.38. The number of aryl methyl sites for hydroxylation is 1. The fourth-order valence-corrected chi connectivity index (χ4v) is 3.34. The summed E-state index contributed by atoms with van der Waals surface area (Å²) in [5, 5.41) is 2.58. The minimum Gasteiger partial charge on any atom is -0.337 e. The van der Waals surface area contributed by atoms with Crippen molar-refractivity contribution in [3.63, 3.8) is 0 Å². The molecular formula is C18H23N3O3S. The van der Waals surface area contributed by atoms with E-state index in [1.54, 1.807) is 12.1 Å². The van der Waals surface area contributed by atoms with Crippen LogP contribution in [0.25, 0.3) is 0 Å². The van der Waals surface area contributed by atoms with E-state index in [0.29, 0.717) is 19.5 Å². The van der Waals surface area contributed by atoms with Crippen molar-refractivity contribution in [1.82, 2.24) is 10.0 Å². The lowest BCUT2D eigenvalue weighted by Crippen LogP contribution is -2.40. The number of nitrogens with two attached hydrogens (primary N) is 1. The number of carbonyl (C=O) groups is 1. The third-order valence-corrected chi connectivity index (χ3v) is 5.44. The first kappa shape index (κ1) is 19.0. The van der Waals surface area contributed by atoms with Crippen molar-refractivity contribution in [1.29, 1.82) is 0 Å². The standard InChI is InChI=1S/C18H23N3O3S/c1-13-4-3-5-16(14(13)2)10-11-20-18(22)21-25(23,24)17-8-6-15(12-19)7-9-17/h3-9H,10-12,19H2,1-2H3,(H2,20,21,22). The van der Waals surface area contributed by atoms with Crippen molar-refractivity contribution < 1.29 is 13.2 Å². The van der Waals surface area contributed by atoms with E-state index in [-0.39, 0.29) is 4.90 Å². The number of urea groups is 1. The summed E-state index contributed by atoms with van der Waals surface area (Å²) >= 11 is 0. The van der Waals surface area contributed by atoms with Gasteiger partial charge < -0.3 is 11.1 Å². The third kappa shape index (κ3) is 5.04. The summed E-state index contributed by atoms with van der Waals surface area (Å²) in [7, 11) is -3.90. The second-order valence-electron chi connectivity index (χ2n) is 5.82. The molecule has 2 amide bonds. The monoisotopic (exact) mass is 361 g/mol. The van der Waals surface area contributed by atoms with E-state index >= 15 is 0 Å². The lowest BCUT2D eigenvalue weighted by Gasteiger charge is -2.11. The zero-order valence-corrected chi connectivity index (χ0v) is 15.2. The highest BCUT2D eigenvalue weighted by atomic mass is 32.2. The number of hydrogen-bond donors (Lipinski definition) is 3. The Kier molecular flexibility index (Phi) is 6.17. The van der Waals surface area contributed by atoms with Crippen LogP contribution in [0.1, 0.15) is 22.3 Å². The Labute approximate surface area is 148 Å². The van der Waals surface area contributed by atoms with E-state index in [9.17, 15) is 13.2 Å². The predicted octanol–water partition coefficient (Wildman–Crippen LogP) is 1.99.